The van der Waals surface area contributed by atoms with E-state index in [4.69, 9.17) is 0 Å². The van der Waals surface area contributed by atoms with Gasteiger partial charge in [-0.2, -0.15) is 9.98 Å². The summed E-state index contributed by atoms with van der Waals surface area (Å²) in [6, 6.07) is 0. The molecule has 0 radical (unpaired) electrons. The number of rotatable bonds is 2. The Labute approximate surface area is 91.2 Å². The normalized spacial score (nSPS) is 36.5. The van der Waals surface area contributed by atoms with Gasteiger partial charge < -0.3 is 0 Å². The quantitative estimate of drug-likeness (QED) is 0.488. The first-order valence-electron chi connectivity index (χ1n) is 4.32. The van der Waals surface area contributed by atoms with Crippen molar-refractivity contribution in [2.45, 2.75) is 18.0 Å². The van der Waals surface area contributed by atoms with Crippen LogP contribution in [0.1, 0.15) is 6.42 Å². The van der Waals surface area contributed by atoms with Gasteiger partial charge in [-0.1, -0.05) is 10.2 Å². The Morgan fingerprint density at radius 2 is 1.35 bits per heavy atom. The SMILES string of the molecule is O=[N+]([O-])C12N=NC(=N1)CC1=NC2([N+](=O)[O-])N=N1. The molecule has 0 aromatic rings. The number of nitrogens with zero attached hydrogens (tertiary/aromatic N) is 8. The predicted molar refractivity (Wildman–Crippen MR) is 48.6 cm³/mol. The Kier molecular flexibility index (Phi) is 1.42. The molecule has 0 fully saturated rings. The molecule has 0 saturated heterocycles. The zero-order valence-electron chi connectivity index (χ0n) is 7.92. The smallest absolute Gasteiger partial charge is 0.260 e. The number of aliphatic imine (C=N–C) groups is 2. The van der Waals surface area contributed by atoms with Gasteiger partial charge in [0.1, 0.15) is 0 Å². The lowest BCUT2D eigenvalue weighted by Gasteiger charge is -2.18. The minimum Gasteiger partial charge on any atom is -0.260 e. The molecule has 2 unspecified atom stereocenters. The lowest BCUT2D eigenvalue weighted by atomic mass is 10.2. The summed E-state index contributed by atoms with van der Waals surface area (Å²) in [6.07, 6.45) is -0.0574. The number of hydrogen-bond donors (Lipinski definition) is 0. The average Bonchev–Trinajstić information content (AvgIpc) is 2.78. The Bertz CT molecular complexity index is 526. The fourth-order valence-corrected chi connectivity index (χ4v) is 1.68. The van der Waals surface area contributed by atoms with Crippen LogP contribution in [0.5, 0.6) is 0 Å². The molecule has 0 amide bonds. The maximum absolute atomic E-state index is 11.1. The molecule has 0 saturated carbocycles. The Morgan fingerprint density at radius 3 is 1.71 bits per heavy atom. The maximum Gasteiger partial charge on any atom is 0.548 e. The minimum absolute atomic E-state index is 0.0113. The van der Waals surface area contributed by atoms with E-state index in [9.17, 15) is 20.2 Å². The van der Waals surface area contributed by atoms with E-state index >= 15 is 0 Å². The molecular weight excluding hydrogens is 236 g/mol. The van der Waals surface area contributed by atoms with Gasteiger partial charge in [0.15, 0.2) is 11.7 Å². The molecule has 3 aliphatic rings. The Balaban J connectivity index is 2.33. The van der Waals surface area contributed by atoms with Crippen LogP contribution < -0.4 is 0 Å². The van der Waals surface area contributed by atoms with Crippen LogP contribution in [0.15, 0.2) is 30.4 Å². The molecule has 3 heterocycles. The third-order valence-electron chi connectivity index (χ3n) is 2.46. The van der Waals surface area contributed by atoms with E-state index in [0.29, 0.717) is 0 Å². The fourth-order valence-electron chi connectivity index (χ4n) is 1.68. The number of nitro groups is 2. The first-order chi connectivity index (χ1) is 8.00. The van der Waals surface area contributed by atoms with Gasteiger partial charge in [0.25, 0.3) is 0 Å². The van der Waals surface area contributed by atoms with Gasteiger partial charge >= 0.3 is 11.6 Å². The Hall–Kier alpha value is -2.66. The molecule has 4 bridgehead atoms. The lowest BCUT2D eigenvalue weighted by molar-refractivity contribution is -0.681. The van der Waals surface area contributed by atoms with E-state index in [1.165, 1.54) is 0 Å². The molecule has 3 rings (SSSR count). The molecule has 12 heteroatoms. The fraction of sp³-hybridized carbons (Fsp3) is 0.600. The summed E-state index contributed by atoms with van der Waals surface area (Å²) >= 11 is 0. The second-order valence-corrected chi connectivity index (χ2v) is 3.42. The highest BCUT2D eigenvalue weighted by Gasteiger charge is 2.80. The van der Waals surface area contributed by atoms with Crippen molar-refractivity contribution in [3.05, 3.63) is 20.2 Å². The van der Waals surface area contributed by atoms with Crippen molar-refractivity contribution in [1.29, 1.82) is 0 Å². The molecule has 0 spiro atoms. The summed E-state index contributed by atoms with van der Waals surface area (Å²) in [4.78, 5) is 27.2. The van der Waals surface area contributed by atoms with E-state index in [1.54, 1.807) is 0 Å². The lowest BCUT2D eigenvalue weighted by Crippen LogP contribution is -2.57. The largest absolute Gasteiger partial charge is 0.548 e. The van der Waals surface area contributed by atoms with Gasteiger partial charge in [0, 0.05) is 0 Å². The van der Waals surface area contributed by atoms with Crippen LogP contribution in [0, 0.1) is 20.2 Å². The van der Waals surface area contributed by atoms with Crippen LogP contribution in [0.2, 0.25) is 0 Å². The topological polar surface area (TPSA) is 160 Å². The van der Waals surface area contributed by atoms with Crippen LogP contribution >= 0.6 is 0 Å². The van der Waals surface area contributed by atoms with Crippen molar-refractivity contribution in [3.8, 4) is 0 Å². The minimum atomic E-state index is -2.67. The third kappa shape index (κ3) is 0.873. The molecule has 0 N–H and O–H groups in total. The van der Waals surface area contributed by atoms with E-state index in [1.807, 2.05) is 0 Å². The van der Waals surface area contributed by atoms with Crippen LogP contribution in [0.4, 0.5) is 0 Å². The van der Waals surface area contributed by atoms with Gasteiger partial charge in [0.2, 0.25) is 0 Å². The molecule has 17 heavy (non-hydrogen) atoms. The molecule has 2 atom stereocenters. The number of fused-ring (bicyclic) bond motifs is 3. The first kappa shape index (κ1) is 9.56. The van der Waals surface area contributed by atoms with Crippen molar-refractivity contribution in [2.24, 2.45) is 30.4 Å². The number of azo groups is 2. The second-order valence-electron chi connectivity index (χ2n) is 3.42. The van der Waals surface area contributed by atoms with Gasteiger partial charge in [0.05, 0.1) is 16.3 Å². The van der Waals surface area contributed by atoms with Crippen molar-refractivity contribution >= 4 is 11.7 Å². The van der Waals surface area contributed by atoms with Gasteiger partial charge in [-0.15, -0.1) is 10.2 Å². The highest BCUT2D eigenvalue weighted by Crippen LogP contribution is 2.43. The number of amidine groups is 2. The summed E-state index contributed by atoms with van der Waals surface area (Å²) < 4.78 is 0. The monoisotopic (exact) mass is 238 g/mol. The van der Waals surface area contributed by atoms with Gasteiger partial charge in [-0.3, -0.25) is 20.2 Å². The zero-order chi connectivity index (χ0) is 12.3. The van der Waals surface area contributed by atoms with E-state index in [2.05, 4.69) is 30.4 Å². The van der Waals surface area contributed by atoms with Crippen molar-refractivity contribution in [1.82, 2.24) is 0 Å². The van der Waals surface area contributed by atoms with Crippen LogP contribution in [-0.4, -0.2) is 33.1 Å². The second kappa shape index (κ2) is 2.53. The van der Waals surface area contributed by atoms with Crippen LogP contribution in [0.25, 0.3) is 0 Å². The summed E-state index contributed by atoms with van der Waals surface area (Å²) in [5.74, 6) is -5.37. The van der Waals surface area contributed by atoms with Crippen LogP contribution in [0.3, 0.4) is 0 Å². The first-order valence-corrected chi connectivity index (χ1v) is 4.32. The number of hydrogen-bond acceptors (Lipinski definition) is 10. The molecule has 12 nitrogen and oxygen atoms in total. The van der Waals surface area contributed by atoms with Crippen LogP contribution in [-0.2, 0) is 0 Å². The van der Waals surface area contributed by atoms with Crippen molar-refractivity contribution in [2.75, 3.05) is 0 Å². The summed E-state index contributed by atoms with van der Waals surface area (Å²) in [5, 5.41) is 35.6. The molecule has 0 aromatic heterocycles. The predicted octanol–water partition coefficient (Wildman–Crippen LogP) is -0.0203. The van der Waals surface area contributed by atoms with E-state index in [-0.39, 0.29) is 18.1 Å². The molecule has 0 aliphatic carbocycles. The van der Waals surface area contributed by atoms with Crippen molar-refractivity contribution < 1.29 is 9.85 Å². The van der Waals surface area contributed by atoms with E-state index in [0.717, 1.165) is 0 Å². The summed E-state index contributed by atoms with van der Waals surface area (Å²) in [6.45, 7) is 0. The average molecular weight is 238 g/mol. The third-order valence-corrected chi connectivity index (χ3v) is 2.46. The Morgan fingerprint density at radius 1 is 0.941 bits per heavy atom. The molecule has 3 aliphatic heterocycles. The summed E-state index contributed by atoms with van der Waals surface area (Å²) in [7, 11) is 0. The maximum atomic E-state index is 11.1. The zero-order valence-corrected chi connectivity index (χ0v) is 7.92. The molecule has 0 aromatic carbocycles. The molecular formula is C5H2N8O4. The molecule has 86 valence electrons. The highest BCUT2D eigenvalue weighted by atomic mass is 16.7. The summed E-state index contributed by atoms with van der Waals surface area (Å²) in [5.41, 5.74) is 0. The standard InChI is InChI=1S/C5H2N8O4/c14-12(15)4-5(13(16)17)7-3(9-11-5)1-2(6-4)8-10-4/h1H2. The highest BCUT2D eigenvalue weighted by molar-refractivity contribution is 6.04. The van der Waals surface area contributed by atoms with E-state index < -0.39 is 21.4 Å². The van der Waals surface area contributed by atoms with Gasteiger partial charge in [-0.05, 0) is 0 Å². The van der Waals surface area contributed by atoms with Gasteiger partial charge in [-0.25, -0.2) is 0 Å². The van der Waals surface area contributed by atoms with Crippen molar-refractivity contribution in [3.63, 3.8) is 0 Å².